The van der Waals surface area contributed by atoms with Gasteiger partial charge >= 0.3 is 17.9 Å². The topological polar surface area (TPSA) is 78.9 Å². The highest BCUT2D eigenvalue weighted by Gasteiger charge is 2.19. The fourth-order valence-electron chi connectivity index (χ4n) is 10.2. The summed E-state index contributed by atoms with van der Waals surface area (Å²) in [5.74, 6) is -0.873. The molecule has 0 aliphatic heterocycles. The smallest absolute Gasteiger partial charge is 0.306 e. The maximum absolute atomic E-state index is 13.0. The van der Waals surface area contributed by atoms with Crippen molar-refractivity contribution < 1.29 is 28.6 Å². The van der Waals surface area contributed by atoms with Crippen molar-refractivity contribution in [3.05, 3.63) is 97.2 Å². The third kappa shape index (κ3) is 69.0. The molecule has 478 valence electrons. The van der Waals surface area contributed by atoms with Crippen molar-refractivity contribution in [1.82, 2.24) is 0 Å². The molecule has 0 aromatic rings. The molecule has 6 heteroatoms. The molecule has 1 unspecified atom stereocenters. The third-order valence-electron chi connectivity index (χ3n) is 15.6. The van der Waals surface area contributed by atoms with Gasteiger partial charge in [-0.3, -0.25) is 14.4 Å². The van der Waals surface area contributed by atoms with Crippen molar-refractivity contribution >= 4 is 17.9 Å². The Morgan fingerprint density at radius 1 is 0.253 bits per heavy atom. The Hall–Kier alpha value is -3.67. The lowest BCUT2D eigenvalue weighted by Gasteiger charge is -2.18. The second kappa shape index (κ2) is 70.8. The predicted molar refractivity (Wildman–Crippen MR) is 362 cm³/mol. The van der Waals surface area contributed by atoms with Crippen LogP contribution in [0.2, 0.25) is 0 Å². The molecule has 0 aromatic heterocycles. The minimum Gasteiger partial charge on any atom is -0.462 e. The minimum absolute atomic E-state index is 0.0779. The van der Waals surface area contributed by atoms with E-state index < -0.39 is 6.10 Å². The first-order valence-electron chi connectivity index (χ1n) is 35.7. The van der Waals surface area contributed by atoms with Crippen molar-refractivity contribution in [3.63, 3.8) is 0 Å². The number of unbranched alkanes of at least 4 members (excludes halogenated alkanes) is 38. The van der Waals surface area contributed by atoms with E-state index in [1.165, 1.54) is 205 Å². The number of carbonyl (C=O) groups excluding carboxylic acids is 3. The molecule has 0 fully saturated rings. The summed E-state index contributed by atoms with van der Waals surface area (Å²) in [6.07, 6.45) is 95.7. The lowest BCUT2D eigenvalue weighted by Crippen LogP contribution is -2.30. The molecule has 0 aliphatic rings. The van der Waals surface area contributed by atoms with Gasteiger partial charge in [0, 0.05) is 19.3 Å². The van der Waals surface area contributed by atoms with Gasteiger partial charge in [-0.1, -0.05) is 330 Å². The van der Waals surface area contributed by atoms with Gasteiger partial charge in [0.05, 0.1) is 0 Å². The van der Waals surface area contributed by atoms with Gasteiger partial charge in [-0.25, -0.2) is 0 Å². The zero-order valence-electron chi connectivity index (χ0n) is 54.9. The quantitative estimate of drug-likeness (QED) is 0.0261. The Morgan fingerprint density at radius 2 is 0.470 bits per heavy atom. The lowest BCUT2D eigenvalue weighted by molar-refractivity contribution is -0.167. The number of ether oxygens (including phenoxy) is 3. The highest BCUT2D eigenvalue weighted by Crippen LogP contribution is 2.17. The summed E-state index contributed by atoms with van der Waals surface area (Å²) < 4.78 is 17.0. The zero-order valence-corrected chi connectivity index (χ0v) is 54.9. The van der Waals surface area contributed by atoms with Crippen LogP contribution < -0.4 is 0 Å². The normalized spacial score (nSPS) is 12.7. The van der Waals surface area contributed by atoms with Crippen LogP contribution in [0.25, 0.3) is 0 Å². The number of hydrogen-bond donors (Lipinski definition) is 0. The molecule has 0 saturated carbocycles. The van der Waals surface area contributed by atoms with Gasteiger partial charge < -0.3 is 14.2 Å². The zero-order chi connectivity index (χ0) is 59.9. The number of hydrogen-bond acceptors (Lipinski definition) is 6. The average molecular weight is 1160 g/mol. The van der Waals surface area contributed by atoms with E-state index in [-0.39, 0.29) is 31.1 Å². The van der Waals surface area contributed by atoms with Gasteiger partial charge in [0.25, 0.3) is 0 Å². The summed E-state index contributed by atoms with van der Waals surface area (Å²) in [6.45, 7) is 6.56. The molecular weight excluding hydrogens is 1020 g/mol. The summed E-state index contributed by atoms with van der Waals surface area (Å²) in [4.78, 5) is 38.5. The summed E-state index contributed by atoms with van der Waals surface area (Å²) in [7, 11) is 0. The Labute approximate surface area is 515 Å². The number of esters is 3. The van der Waals surface area contributed by atoms with E-state index in [9.17, 15) is 14.4 Å². The van der Waals surface area contributed by atoms with E-state index in [1.807, 2.05) is 0 Å². The molecule has 0 heterocycles. The largest absolute Gasteiger partial charge is 0.462 e. The van der Waals surface area contributed by atoms with Crippen LogP contribution in [0.5, 0.6) is 0 Å². The van der Waals surface area contributed by atoms with Crippen LogP contribution in [0.15, 0.2) is 97.2 Å². The monoisotopic (exact) mass is 1160 g/mol. The highest BCUT2D eigenvalue weighted by atomic mass is 16.6. The Morgan fingerprint density at radius 3 is 0.747 bits per heavy atom. The van der Waals surface area contributed by atoms with Crippen LogP contribution in [-0.2, 0) is 28.6 Å². The van der Waals surface area contributed by atoms with Crippen molar-refractivity contribution in [1.29, 1.82) is 0 Å². The number of carbonyl (C=O) groups is 3. The predicted octanol–water partition coefficient (Wildman–Crippen LogP) is 24.8. The molecule has 0 N–H and O–H groups in total. The molecule has 0 aliphatic carbocycles. The first-order chi connectivity index (χ1) is 41.0. The van der Waals surface area contributed by atoms with E-state index in [0.717, 1.165) is 109 Å². The second-order valence-electron chi connectivity index (χ2n) is 23.8. The number of allylic oxidation sites excluding steroid dienone is 16. The van der Waals surface area contributed by atoms with E-state index in [4.69, 9.17) is 14.2 Å². The summed E-state index contributed by atoms with van der Waals surface area (Å²) in [6, 6.07) is 0. The van der Waals surface area contributed by atoms with Crippen LogP contribution in [0.4, 0.5) is 0 Å². The summed E-state index contributed by atoms with van der Waals surface area (Å²) >= 11 is 0. The van der Waals surface area contributed by atoms with Gasteiger partial charge in [0.2, 0.25) is 0 Å². The lowest BCUT2D eigenvalue weighted by atomic mass is 10.0. The first-order valence-corrected chi connectivity index (χ1v) is 35.7. The molecule has 0 amide bonds. The maximum Gasteiger partial charge on any atom is 0.306 e. The van der Waals surface area contributed by atoms with Gasteiger partial charge in [-0.15, -0.1) is 0 Å². The third-order valence-corrected chi connectivity index (χ3v) is 15.6. The summed E-state index contributed by atoms with van der Waals surface area (Å²) in [5, 5.41) is 0. The van der Waals surface area contributed by atoms with E-state index >= 15 is 0 Å². The van der Waals surface area contributed by atoms with Crippen LogP contribution in [-0.4, -0.2) is 37.2 Å². The molecule has 83 heavy (non-hydrogen) atoms. The Kier molecular flexibility index (Phi) is 67.7. The maximum atomic E-state index is 13.0. The van der Waals surface area contributed by atoms with Crippen molar-refractivity contribution in [2.24, 2.45) is 0 Å². The van der Waals surface area contributed by atoms with E-state index in [2.05, 4.69) is 118 Å². The molecule has 0 saturated heterocycles. The van der Waals surface area contributed by atoms with Crippen LogP contribution >= 0.6 is 0 Å². The average Bonchev–Trinajstić information content (AvgIpc) is 3.49. The molecule has 0 bridgehead atoms. The first kappa shape index (κ1) is 79.3. The minimum atomic E-state index is -0.784. The van der Waals surface area contributed by atoms with Crippen LogP contribution in [0, 0.1) is 0 Å². The number of rotatable bonds is 65. The molecule has 6 nitrogen and oxygen atoms in total. The molecule has 0 aromatic carbocycles. The Bertz CT molecular complexity index is 1610. The van der Waals surface area contributed by atoms with Gasteiger partial charge in [-0.05, 0) is 103 Å². The van der Waals surface area contributed by atoms with E-state index in [0.29, 0.717) is 19.3 Å². The summed E-state index contributed by atoms with van der Waals surface area (Å²) in [5.41, 5.74) is 0. The standard InChI is InChI=1S/C77H134O6/c1-4-7-10-13-16-19-22-25-28-30-32-34-35-36-37-38-39-40-41-43-44-46-49-52-55-58-61-64-67-70-76(79)82-73-74(72-81-75(78)69-66-63-60-57-54-51-48-27-24-21-18-15-12-9-6-3)83-77(80)71-68-65-62-59-56-53-50-47-45-42-33-31-29-26-23-20-17-14-11-8-5-2/h7,10,16,19,25,28,31-34,36-37,39-40,43-44,74H,4-6,8-9,11-15,17-18,20-24,26-27,29-30,35,38,41-42,45-73H2,1-3H3/b10-7-,19-16-,28-25-,33-31-,34-32-,37-36-,40-39-,44-43-. The second-order valence-corrected chi connectivity index (χ2v) is 23.8. The van der Waals surface area contributed by atoms with E-state index in [1.54, 1.807) is 0 Å². The Balaban J connectivity index is 4.34. The highest BCUT2D eigenvalue weighted by molar-refractivity contribution is 5.71. The SMILES string of the molecule is CC/C=C\C/C=C\C/C=C\C/C=C\C/C=C\C/C=C\C/C=C\CCCCCCCCCC(=O)OCC(COC(=O)CCCCCCCCCCCCCCCCC)OC(=O)CCCCCCCCCCC/C=C\CCCCCCCCCC. The molecule has 0 rings (SSSR count). The van der Waals surface area contributed by atoms with Crippen molar-refractivity contribution in [2.45, 2.75) is 361 Å². The van der Waals surface area contributed by atoms with Crippen molar-refractivity contribution in [3.8, 4) is 0 Å². The molecular formula is C77H134O6. The van der Waals surface area contributed by atoms with Gasteiger partial charge in [-0.2, -0.15) is 0 Å². The fourth-order valence-corrected chi connectivity index (χ4v) is 10.2. The van der Waals surface area contributed by atoms with Gasteiger partial charge in [0.1, 0.15) is 13.2 Å². The molecule has 0 spiro atoms. The fraction of sp³-hybridized carbons (Fsp3) is 0.753. The van der Waals surface area contributed by atoms with Crippen LogP contribution in [0.1, 0.15) is 355 Å². The molecule has 0 radical (unpaired) electrons. The van der Waals surface area contributed by atoms with Crippen molar-refractivity contribution in [2.75, 3.05) is 13.2 Å². The van der Waals surface area contributed by atoms with Gasteiger partial charge in [0.15, 0.2) is 6.10 Å². The molecule has 1 atom stereocenters. The van der Waals surface area contributed by atoms with Crippen LogP contribution in [0.3, 0.4) is 0 Å².